The summed E-state index contributed by atoms with van der Waals surface area (Å²) < 4.78 is 5.17. The molecule has 0 unspecified atom stereocenters. The second-order valence-corrected chi connectivity index (χ2v) is 5.47. The SMILES string of the molecule is COCc1nc(Cc2ccc(Cl)c(Cl)c2)nc(C)c1C. The summed E-state index contributed by atoms with van der Waals surface area (Å²) in [5.41, 5.74) is 4.01. The highest BCUT2D eigenvalue weighted by atomic mass is 35.5. The van der Waals surface area contributed by atoms with Gasteiger partial charge in [-0.1, -0.05) is 29.3 Å². The number of aromatic nitrogens is 2. The summed E-state index contributed by atoms with van der Waals surface area (Å²) in [7, 11) is 1.66. The lowest BCUT2D eigenvalue weighted by Gasteiger charge is -2.10. The van der Waals surface area contributed by atoms with Crippen LogP contribution in [0.3, 0.4) is 0 Å². The van der Waals surface area contributed by atoms with Gasteiger partial charge in [-0.2, -0.15) is 0 Å². The number of hydrogen-bond acceptors (Lipinski definition) is 3. The van der Waals surface area contributed by atoms with Crippen molar-refractivity contribution in [3.8, 4) is 0 Å². The van der Waals surface area contributed by atoms with Crippen molar-refractivity contribution in [3.05, 3.63) is 56.6 Å². The fourth-order valence-corrected chi connectivity index (χ4v) is 2.26. The predicted octanol–water partition coefficient (Wildman–Crippen LogP) is 4.14. The first kappa shape index (κ1) is 15.2. The molecule has 0 atom stereocenters. The standard InChI is InChI=1S/C15H16Cl2N2O/c1-9-10(2)18-15(19-14(9)8-20-3)7-11-4-5-12(16)13(17)6-11/h4-6H,7-8H2,1-3H3. The van der Waals surface area contributed by atoms with Crippen molar-refractivity contribution in [2.75, 3.05) is 7.11 Å². The van der Waals surface area contributed by atoms with E-state index in [0.717, 1.165) is 28.3 Å². The lowest BCUT2D eigenvalue weighted by molar-refractivity contribution is 0.180. The molecule has 0 aliphatic heterocycles. The Balaban J connectivity index is 2.31. The Hall–Kier alpha value is -1.16. The zero-order chi connectivity index (χ0) is 14.7. The minimum atomic E-state index is 0.490. The Morgan fingerprint density at radius 3 is 2.50 bits per heavy atom. The first-order valence-electron chi connectivity index (χ1n) is 6.27. The molecule has 0 N–H and O–H groups in total. The van der Waals surface area contributed by atoms with Crippen LogP contribution >= 0.6 is 23.2 Å². The molecular formula is C15H16Cl2N2O. The molecule has 0 amide bonds. The number of nitrogens with zero attached hydrogens (tertiary/aromatic N) is 2. The molecule has 0 radical (unpaired) electrons. The molecule has 2 aromatic rings. The van der Waals surface area contributed by atoms with Gasteiger partial charge in [-0.15, -0.1) is 0 Å². The maximum absolute atomic E-state index is 6.02. The molecule has 1 heterocycles. The van der Waals surface area contributed by atoms with Crippen molar-refractivity contribution < 1.29 is 4.74 Å². The number of aryl methyl sites for hydroxylation is 1. The fraction of sp³-hybridized carbons (Fsp3) is 0.333. The summed E-state index contributed by atoms with van der Waals surface area (Å²) in [6, 6.07) is 5.57. The van der Waals surface area contributed by atoms with E-state index in [1.165, 1.54) is 0 Å². The van der Waals surface area contributed by atoms with Gasteiger partial charge in [0.25, 0.3) is 0 Å². The molecule has 106 valence electrons. The molecule has 0 saturated heterocycles. The van der Waals surface area contributed by atoms with Crippen molar-refractivity contribution >= 4 is 23.2 Å². The molecule has 2 rings (SSSR count). The van der Waals surface area contributed by atoms with Crippen LogP contribution in [0.2, 0.25) is 10.0 Å². The van der Waals surface area contributed by atoms with Crippen LogP contribution in [0.25, 0.3) is 0 Å². The van der Waals surface area contributed by atoms with Gasteiger partial charge < -0.3 is 4.74 Å². The Kier molecular flexibility index (Phi) is 4.97. The molecule has 5 heteroatoms. The largest absolute Gasteiger partial charge is 0.378 e. The van der Waals surface area contributed by atoms with Gasteiger partial charge in [0, 0.05) is 19.2 Å². The van der Waals surface area contributed by atoms with Gasteiger partial charge >= 0.3 is 0 Å². The van der Waals surface area contributed by atoms with E-state index in [1.54, 1.807) is 13.2 Å². The van der Waals surface area contributed by atoms with Crippen molar-refractivity contribution in [2.45, 2.75) is 26.9 Å². The highest BCUT2D eigenvalue weighted by Crippen LogP contribution is 2.23. The molecule has 0 saturated carbocycles. The molecule has 0 spiro atoms. The van der Waals surface area contributed by atoms with E-state index in [2.05, 4.69) is 9.97 Å². The van der Waals surface area contributed by atoms with Gasteiger partial charge in [0.05, 0.1) is 22.3 Å². The molecule has 0 fully saturated rings. The zero-order valence-electron chi connectivity index (χ0n) is 11.7. The van der Waals surface area contributed by atoms with E-state index < -0.39 is 0 Å². The molecule has 1 aromatic carbocycles. The number of halogens is 2. The topological polar surface area (TPSA) is 35.0 Å². The maximum atomic E-state index is 6.02. The van der Waals surface area contributed by atoms with Crippen LogP contribution < -0.4 is 0 Å². The highest BCUT2D eigenvalue weighted by molar-refractivity contribution is 6.42. The molecule has 3 nitrogen and oxygen atoms in total. The van der Waals surface area contributed by atoms with E-state index in [4.69, 9.17) is 27.9 Å². The molecule has 0 aliphatic carbocycles. The minimum absolute atomic E-state index is 0.490. The second kappa shape index (κ2) is 6.53. The number of benzene rings is 1. The summed E-state index contributed by atoms with van der Waals surface area (Å²) in [4.78, 5) is 9.08. The third-order valence-corrected chi connectivity index (χ3v) is 3.90. The first-order chi connectivity index (χ1) is 9.51. The lowest BCUT2D eigenvalue weighted by atomic mass is 10.1. The lowest BCUT2D eigenvalue weighted by Crippen LogP contribution is -2.07. The van der Waals surface area contributed by atoms with E-state index >= 15 is 0 Å². The Morgan fingerprint density at radius 1 is 1.10 bits per heavy atom. The third-order valence-electron chi connectivity index (χ3n) is 3.16. The van der Waals surface area contributed by atoms with Crippen molar-refractivity contribution in [1.29, 1.82) is 0 Å². The molecule has 20 heavy (non-hydrogen) atoms. The summed E-state index contributed by atoms with van der Waals surface area (Å²) in [6.07, 6.45) is 0.620. The Labute approximate surface area is 128 Å². The summed E-state index contributed by atoms with van der Waals surface area (Å²) in [6.45, 7) is 4.48. The monoisotopic (exact) mass is 310 g/mol. The van der Waals surface area contributed by atoms with Crippen molar-refractivity contribution in [2.24, 2.45) is 0 Å². The van der Waals surface area contributed by atoms with Crippen LogP contribution in [0.5, 0.6) is 0 Å². The smallest absolute Gasteiger partial charge is 0.133 e. The van der Waals surface area contributed by atoms with E-state index in [1.807, 2.05) is 26.0 Å². The average molecular weight is 311 g/mol. The van der Waals surface area contributed by atoms with E-state index in [9.17, 15) is 0 Å². The fourth-order valence-electron chi connectivity index (χ4n) is 1.94. The van der Waals surface area contributed by atoms with Gasteiger partial charge in [-0.25, -0.2) is 9.97 Å². The average Bonchev–Trinajstić information content (AvgIpc) is 2.40. The molecular weight excluding hydrogens is 295 g/mol. The minimum Gasteiger partial charge on any atom is -0.378 e. The van der Waals surface area contributed by atoms with E-state index in [-0.39, 0.29) is 0 Å². The zero-order valence-corrected chi connectivity index (χ0v) is 13.2. The van der Waals surface area contributed by atoms with Crippen LogP contribution in [-0.2, 0) is 17.8 Å². The van der Waals surface area contributed by atoms with Crippen LogP contribution in [-0.4, -0.2) is 17.1 Å². The number of methoxy groups -OCH3 is 1. The summed E-state index contributed by atoms with van der Waals surface area (Å²) >= 11 is 11.9. The molecule has 1 aromatic heterocycles. The van der Waals surface area contributed by atoms with Crippen molar-refractivity contribution in [3.63, 3.8) is 0 Å². The highest BCUT2D eigenvalue weighted by Gasteiger charge is 2.09. The van der Waals surface area contributed by atoms with Crippen LogP contribution in [0.15, 0.2) is 18.2 Å². The van der Waals surface area contributed by atoms with Gasteiger partial charge in [0.2, 0.25) is 0 Å². The maximum Gasteiger partial charge on any atom is 0.133 e. The Morgan fingerprint density at radius 2 is 1.85 bits per heavy atom. The van der Waals surface area contributed by atoms with Crippen LogP contribution in [0.1, 0.15) is 28.3 Å². The predicted molar refractivity (Wildman–Crippen MR) is 81.5 cm³/mol. The number of hydrogen-bond donors (Lipinski definition) is 0. The quantitative estimate of drug-likeness (QED) is 0.851. The third kappa shape index (κ3) is 3.48. The normalized spacial score (nSPS) is 10.8. The van der Waals surface area contributed by atoms with Gasteiger partial charge in [-0.3, -0.25) is 0 Å². The molecule has 0 bridgehead atoms. The van der Waals surface area contributed by atoms with Gasteiger partial charge in [-0.05, 0) is 37.1 Å². The Bertz CT molecular complexity index is 630. The van der Waals surface area contributed by atoms with Crippen LogP contribution in [0, 0.1) is 13.8 Å². The summed E-state index contributed by atoms with van der Waals surface area (Å²) in [5, 5.41) is 1.10. The summed E-state index contributed by atoms with van der Waals surface area (Å²) in [5.74, 6) is 0.763. The van der Waals surface area contributed by atoms with Gasteiger partial charge in [0.15, 0.2) is 0 Å². The van der Waals surface area contributed by atoms with Crippen LogP contribution in [0.4, 0.5) is 0 Å². The second-order valence-electron chi connectivity index (χ2n) is 4.66. The first-order valence-corrected chi connectivity index (χ1v) is 7.02. The van der Waals surface area contributed by atoms with E-state index in [0.29, 0.717) is 23.1 Å². The molecule has 0 aliphatic rings. The number of rotatable bonds is 4. The van der Waals surface area contributed by atoms with Crippen molar-refractivity contribution in [1.82, 2.24) is 9.97 Å². The number of ether oxygens (including phenoxy) is 1. The van der Waals surface area contributed by atoms with Gasteiger partial charge in [0.1, 0.15) is 5.82 Å².